The molecule has 1 atom stereocenters. The predicted octanol–water partition coefficient (Wildman–Crippen LogP) is 6.94. The molecule has 3 aromatic rings. The lowest BCUT2D eigenvalue weighted by Crippen LogP contribution is -2.33. The molecule has 1 unspecified atom stereocenters. The van der Waals surface area contributed by atoms with E-state index in [0.29, 0.717) is 12.6 Å². The minimum Gasteiger partial charge on any atom is -0.492 e. The van der Waals surface area contributed by atoms with Gasteiger partial charge in [-0.25, -0.2) is 0 Å². The van der Waals surface area contributed by atoms with Gasteiger partial charge in [0.05, 0.1) is 0 Å². The highest BCUT2D eigenvalue weighted by Crippen LogP contribution is 2.34. The van der Waals surface area contributed by atoms with Crippen LogP contribution in [0, 0.1) is 0 Å². The van der Waals surface area contributed by atoms with E-state index < -0.39 is 0 Å². The molecule has 0 N–H and O–H groups in total. The zero-order valence-corrected chi connectivity index (χ0v) is 18.9. The molecular weight excluding hydrogens is 378 g/mol. The number of nitrogens with zero attached hydrogens (tertiary/aromatic N) is 1. The molecule has 0 aliphatic carbocycles. The zero-order valence-electron chi connectivity index (χ0n) is 18.9. The minimum atomic E-state index is 0.321. The molecule has 0 fully saturated rings. The smallest absolute Gasteiger partial charge is 0.119 e. The van der Waals surface area contributed by atoms with Crippen molar-refractivity contribution in [1.29, 1.82) is 0 Å². The molecule has 3 aromatic carbocycles. The Balaban J connectivity index is 1.94. The molecular formula is C29H33NO. The van der Waals surface area contributed by atoms with Crippen LogP contribution in [0.4, 0.5) is 0 Å². The summed E-state index contributed by atoms with van der Waals surface area (Å²) in [6.45, 7) is 6.73. The maximum absolute atomic E-state index is 6.09. The Morgan fingerprint density at radius 1 is 0.839 bits per heavy atom. The average Bonchev–Trinajstić information content (AvgIpc) is 2.81. The van der Waals surface area contributed by atoms with Gasteiger partial charge in [0.1, 0.15) is 12.4 Å². The Morgan fingerprint density at radius 2 is 1.39 bits per heavy atom. The number of hydrogen-bond donors (Lipinski definition) is 0. The molecule has 0 aromatic heterocycles. The predicted molar refractivity (Wildman–Crippen MR) is 133 cm³/mol. The maximum Gasteiger partial charge on any atom is 0.119 e. The lowest BCUT2D eigenvalue weighted by molar-refractivity contribution is 0.186. The van der Waals surface area contributed by atoms with Crippen molar-refractivity contribution in [2.75, 3.05) is 20.7 Å². The highest BCUT2D eigenvalue weighted by atomic mass is 16.5. The number of hydrogen-bond acceptors (Lipinski definition) is 2. The van der Waals surface area contributed by atoms with Crippen molar-refractivity contribution in [1.82, 2.24) is 4.90 Å². The number of rotatable bonds is 10. The van der Waals surface area contributed by atoms with E-state index in [1.807, 2.05) is 6.08 Å². The fourth-order valence-corrected chi connectivity index (χ4v) is 3.82. The van der Waals surface area contributed by atoms with Gasteiger partial charge in [0.15, 0.2) is 0 Å². The summed E-state index contributed by atoms with van der Waals surface area (Å²) in [5.74, 6) is 0.893. The van der Waals surface area contributed by atoms with Crippen LogP contribution in [0.2, 0.25) is 0 Å². The van der Waals surface area contributed by atoms with Gasteiger partial charge in [-0.15, -0.1) is 6.58 Å². The van der Waals surface area contributed by atoms with Gasteiger partial charge in [-0.2, -0.15) is 0 Å². The van der Waals surface area contributed by atoms with Gasteiger partial charge < -0.3 is 9.64 Å². The van der Waals surface area contributed by atoms with E-state index >= 15 is 0 Å². The summed E-state index contributed by atoms with van der Waals surface area (Å²) in [6.07, 6.45) is 3.81. The fourth-order valence-electron chi connectivity index (χ4n) is 3.82. The molecule has 0 spiro atoms. The largest absolute Gasteiger partial charge is 0.492 e. The molecule has 0 radical (unpaired) electrons. The summed E-state index contributed by atoms with van der Waals surface area (Å²) in [7, 11) is 4.15. The summed E-state index contributed by atoms with van der Waals surface area (Å²) < 4.78 is 6.09. The third kappa shape index (κ3) is 5.96. The van der Waals surface area contributed by atoms with E-state index in [0.717, 1.165) is 18.6 Å². The number of benzene rings is 3. The molecule has 0 saturated carbocycles. The summed E-state index contributed by atoms with van der Waals surface area (Å²) >= 11 is 0. The van der Waals surface area contributed by atoms with Gasteiger partial charge in [-0.1, -0.05) is 85.8 Å². The summed E-state index contributed by atoms with van der Waals surface area (Å²) in [5, 5.41) is 0. The van der Waals surface area contributed by atoms with Crippen molar-refractivity contribution >= 4 is 11.1 Å². The molecule has 2 heteroatoms. The number of likely N-dealkylation sites (N-methyl/N-ethyl adjacent to an activating group) is 1. The lowest BCUT2D eigenvalue weighted by atomic mass is 9.88. The Morgan fingerprint density at radius 3 is 1.90 bits per heavy atom. The Kier molecular flexibility index (Phi) is 8.26. The van der Waals surface area contributed by atoms with Crippen molar-refractivity contribution in [2.45, 2.75) is 25.8 Å². The highest BCUT2D eigenvalue weighted by molar-refractivity contribution is 5.98. The minimum absolute atomic E-state index is 0.321. The lowest BCUT2D eigenvalue weighted by Gasteiger charge is -2.23. The van der Waals surface area contributed by atoms with Crippen LogP contribution in [0.1, 0.15) is 36.5 Å². The number of ether oxygens (including phenoxy) is 1. The van der Waals surface area contributed by atoms with Crippen molar-refractivity contribution in [2.24, 2.45) is 0 Å². The van der Waals surface area contributed by atoms with Crippen LogP contribution in [0.3, 0.4) is 0 Å². The molecule has 160 valence electrons. The monoisotopic (exact) mass is 411 g/mol. The Hall–Kier alpha value is -3.10. The quantitative estimate of drug-likeness (QED) is 0.265. The molecule has 0 aliphatic rings. The van der Waals surface area contributed by atoms with E-state index in [1.165, 1.54) is 27.8 Å². The first kappa shape index (κ1) is 22.6. The fraction of sp³-hybridized carbons (Fsp3) is 0.241. The first-order chi connectivity index (χ1) is 15.1. The van der Waals surface area contributed by atoms with Crippen LogP contribution in [-0.2, 0) is 0 Å². The van der Waals surface area contributed by atoms with Gasteiger partial charge in [0, 0.05) is 6.04 Å². The molecule has 0 heterocycles. The van der Waals surface area contributed by atoms with E-state index in [4.69, 9.17) is 4.74 Å². The summed E-state index contributed by atoms with van der Waals surface area (Å²) in [4.78, 5) is 2.18. The zero-order chi connectivity index (χ0) is 22.1. The van der Waals surface area contributed by atoms with Crippen molar-refractivity contribution in [3.05, 3.63) is 114 Å². The molecule has 31 heavy (non-hydrogen) atoms. The van der Waals surface area contributed by atoms with Gasteiger partial charge >= 0.3 is 0 Å². The molecule has 2 nitrogen and oxygen atoms in total. The van der Waals surface area contributed by atoms with Crippen LogP contribution in [-0.4, -0.2) is 31.6 Å². The van der Waals surface area contributed by atoms with Gasteiger partial charge in [-0.05, 0) is 66.9 Å². The van der Waals surface area contributed by atoms with Crippen molar-refractivity contribution in [3.8, 4) is 5.75 Å². The van der Waals surface area contributed by atoms with E-state index in [-0.39, 0.29) is 0 Å². The van der Waals surface area contributed by atoms with Crippen LogP contribution in [0.5, 0.6) is 5.75 Å². The number of allylic oxidation sites excluding steroid dienone is 1. The summed E-state index contributed by atoms with van der Waals surface area (Å²) in [6, 6.07) is 30.2. The van der Waals surface area contributed by atoms with Crippen LogP contribution in [0.15, 0.2) is 97.6 Å². The third-order valence-corrected chi connectivity index (χ3v) is 5.59. The first-order valence-corrected chi connectivity index (χ1v) is 11.0. The molecule has 3 rings (SSSR count). The van der Waals surface area contributed by atoms with E-state index in [9.17, 15) is 0 Å². The normalized spacial score (nSPS) is 12.9. The topological polar surface area (TPSA) is 12.5 Å². The third-order valence-electron chi connectivity index (χ3n) is 5.59. The maximum atomic E-state index is 6.09. The van der Waals surface area contributed by atoms with E-state index in [2.05, 4.69) is 117 Å². The highest BCUT2D eigenvalue weighted by Gasteiger charge is 2.14. The Bertz CT molecular complexity index is 972. The van der Waals surface area contributed by atoms with Gasteiger partial charge in [-0.3, -0.25) is 0 Å². The SMILES string of the molecule is C=CCC(COc1ccc(/C(=C(/CC)c2ccccc2)c2ccccc2)cc1)N(C)C. The molecule has 0 saturated heterocycles. The summed E-state index contributed by atoms with van der Waals surface area (Å²) in [5.41, 5.74) is 6.32. The average molecular weight is 412 g/mol. The second-order valence-electron chi connectivity index (χ2n) is 7.92. The standard InChI is InChI=1S/C29H33NO/c1-5-13-26(30(3)4)22-31-27-20-18-25(19-21-27)29(24-16-11-8-12-17-24)28(6-2)23-14-9-7-10-15-23/h5,7-12,14-21,26H,1,6,13,22H2,2-4H3/b29-28-. The first-order valence-electron chi connectivity index (χ1n) is 11.0. The van der Waals surface area contributed by atoms with Crippen molar-refractivity contribution < 1.29 is 4.74 Å². The van der Waals surface area contributed by atoms with Crippen LogP contribution < -0.4 is 4.74 Å². The second-order valence-corrected chi connectivity index (χ2v) is 7.92. The van der Waals surface area contributed by atoms with Crippen molar-refractivity contribution in [3.63, 3.8) is 0 Å². The molecule has 0 amide bonds. The van der Waals surface area contributed by atoms with E-state index in [1.54, 1.807) is 0 Å². The van der Waals surface area contributed by atoms with Gasteiger partial charge in [0.25, 0.3) is 0 Å². The Labute approximate surface area is 187 Å². The van der Waals surface area contributed by atoms with Crippen LogP contribution >= 0.6 is 0 Å². The molecule has 0 aliphatic heterocycles. The second kappa shape index (κ2) is 11.3. The van der Waals surface area contributed by atoms with Gasteiger partial charge in [0.2, 0.25) is 0 Å². The molecule has 0 bridgehead atoms. The van der Waals surface area contributed by atoms with Crippen LogP contribution in [0.25, 0.3) is 11.1 Å².